The van der Waals surface area contributed by atoms with Gasteiger partial charge >= 0.3 is 0 Å². The Morgan fingerprint density at radius 1 is 1.05 bits per heavy atom. The molecule has 0 N–H and O–H groups in total. The van der Waals surface area contributed by atoms with E-state index in [0.717, 1.165) is 43.1 Å². The molecule has 0 radical (unpaired) electrons. The molecule has 0 spiro atoms. The van der Waals surface area contributed by atoms with Crippen LogP contribution in [0.25, 0.3) is 11.3 Å². The molecule has 0 unspecified atom stereocenters. The van der Waals surface area contributed by atoms with Crippen LogP contribution in [0.2, 0.25) is 0 Å². The number of hydrogen-bond donors (Lipinski definition) is 0. The summed E-state index contributed by atoms with van der Waals surface area (Å²) in [5.74, 6) is -0.181. The largest absolute Gasteiger partial charge is 0.369 e. The Morgan fingerprint density at radius 2 is 1.81 bits per heavy atom. The summed E-state index contributed by atoms with van der Waals surface area (Å²) in [6.07, 6.45) is 1.81. The lowest BCUT2D eigenvalue weighted by Crippen LogP contribution is -2.44. The summed E-state index contributed by atoms with van der Waals surface area (Å²) < 4.78 is 13.7. The minimum Gasteiger partial charge on any atom is -0.369 e. The van der Waals surface area contributed by atoms with Crippen LogP contribution in [0.15, 0.2) is 36.5 Å². The maximum Gasteiger partial charge on any atom is 0.126 e. The number of pyridine rings is 1. The van der Waals surface area contributed by atoms with Gasteiger partial charge in [0.15, 0.2) is 0 Å². The van der Waals surface area contributed by atoms with Crippen LogP contribution in [0.4, 0.5) is 10.1 Å². The summed E-state index contributed by atoms with van der Waals surface area (Å²) in [5, 5.41) is 0. The molecule has 1 aromatic heterocycles. The van der Waals surface area contributed by atoms with E-state index >= 15 is 0 Å². The van der Waals surface area contributed by atoms with Crippen molar-refractivity contribution in [2.45, 2.75) is 6.92 Å². The molecule has 0 amide bonds. The smallest absolute Gasteiger partial charge is 0.126 e. The number of benzene rings is 1. The number of halogens is 1. The predicted octanol–water partition coefficient (Wildman–Crippen LogP) is 2.95. The Balaban J connectivity index is 1.87. The third kappa shape index (κ3) is 3.05. The molecule has 3 nitrogen and oxygen atoms in total. The normalized spacial score (nSPS) is 16.2. The number of piperazine rings is 1. The molecule has 4 heteroatoms. The molecule has 0 aliphatic carbocycles. The predicted molar refractivity (Wildman–Crippen MR) is 84.1 cm³/mol. The second kappa shape index (κ2) is 5.82. The van der Waals surface area contributed by atoms with Crippen LogP contribution >= 0.6 is 0 Å². The minimum absolute atomic E-state index is 0.181. The second-order valence-electron chi connectivity index (χ2n) is 5.65. The molecule has 3 rings (SSSR count). The van der Waals surface area contributed by atoms with Crippen molar-refractivity contribution in [1.29, 1.82) is 0 Å². The standard InChI is InChI=1S/C17H20FN3/c1-13-3-4-14(11-16(13)18)17-12-15(5-6-19-17)21-9-7-20(2)8-10-21/h3-6,11-12H,7-10H2,1-2H3. The van der Waals surface area contributed by atoms with Gasteiger partial charge in [-0.15, -0.1) is 0 Å². The van der Waals surface area contributed by atoms with E-state index in [4.69, 9.17) is 0 Å². The summed E-state index contributed by atoms with van der Waals surface area (Å²) in [6.45, 7) is 5.94. The van der Waals surface area contributed by atoms with Crippen molar-refractivity contribution in [3.63, 3.8) is 0 Å². The molecule has 21 heavy (non-hydrogen) atoms. The summed E-state index contributed by atoms with van der Waals surface area (Å²) in [4.78, 5) is 9.07. The van der Waals surface area contributed by atoms with E-state index in [1.807, 2.05) is 12.1 Å². The first-order valence-corrected chi connectivity index (χ1v) is 7.29. The summed E-state index contributed by atoms with van der Waals surface area (Å²) >= 11 is 0. The molecule has 0 saturated carbocycles. The Morgan fingerprint density at radius 3 is 2.52 bits per heavy atom. The van der Waals surface area contributed by atoms with Crippen LogP contribution in [0.3, 0.4) is 0 Å². The molecule has 110 valence electrons. The van der Waals surface area contributed by atoms with E-state index in [-0.39, 0.29) is 5.82 Å². The van der Waals surface area contributed by atoms with E-state index in [0.29, 0.717) is 5.56 Å². The highest BCUT2D eigenvalue weighted by Gasteiger charge is 2.15. The van der Waals surface area contributed by atoms with E-state index in [1.54, 1.807) is 25.3 Å². The Bertz CT molecular complexity index is 634. The molecular weight excluding hydrogens is 265 g/mol. The monoisotopic (exact) mass is 285 g/mol. The van der Waals surface area contributed by atoms with Crippen LogP contribution in [0, 0.1) is 12.7 Å². The number of anilines is 1. The number of hydrogen-bond acceptors (Lipinski definition) is 3. The fraction of sp³-hybridized carbons (Fsp3) is 0.353. The summed E-state index contributed by atoms with van der Waals surface area (Å²) in [6, 6.07) is 9.36. The van der Waals surface area contributed by atoms with Gasteiger partial charge in [-0.25, -0.2) is 4.39 Å². The highest BCUT2D eigenvalue weighted by Crippen LogP contribution is 2.24. The van der Waals surface area contributed by atoms with Crippen molar-refractivity contribution < 1.29 is 4.39 Å². The zero-order valence-corrected chi connectivity index (χ0v) is 12.5. The lowest BCUT2D eigenvalue weighted by molar-refractivity contribution is 0.313. The molecule has 1 aliphatic heterocycles. The van der Waals surface area contributed by atoms with E-state index in [9.17, 15) is 4.39 Å². The van der Waals surface area contributed by atoms with Crippen molar-refractivity contribution in [1.82, 2.24) is 9.88 Å². The second-order valence-corrected chi connectivity index (χ2v) is 5.65. The maximum absolute atomic E-state index is 13.7. The zero-order valence-electron chi connectivity index (χ0n) is 12.5. The van der Waals surface area contributed by atoms with Gasteiger partial charge in [0.1, 0.15) is 5.82 Å². The number of likely N-dealkylation sites (N-methyl/N-ethyl adjacent to an activating group) is 1. The van der Waals surface area contributed by atoms with E-state index in [1.165, 1.54) is 0 Å². The maximum atomic E-state index is 13.7. The molecule has 1 aliphatic rings. The van der Waals surface area contributed by atoms with Gasteiger partial charge in [0.25, 0.3) is 0 Å². The highest BCUT2D eigenvalue weighted by molar-refractivity contribution is 5.65. The summed E-state index contributed by atoms with van der Waals surface area (Å²) in [7, 11) is 2.14. The third-order valence-corrected chi connectivity index (χ3v) is 4.08. The van der Waals surface area contributed by atoms with E-state index < -0.39 is 0 Å². The van der Waals surface area contributed by atoms with Crippen LogP contribution in [0.1, 0.15) is 5.56 Å². The number of aromatic nitrogens is 1. The molecule has 1 aromatic carbocycles. The lowest BCUT2D eigenvalue weighted by atomic mass is 10.1. The topological polar surface area (TPSA) is 19.4 Å². The lowest BCUT2D eigenvalue weighted by Gasteiger charge is -2.34. The van der Waals surface area contributed by atoms with Crippen molar-refractivity contribution >= 4 is 5.69 Å². The first kappa shape index (κ1) is 14.0. The molecule has 0 bridgehead atoms. The molecule has 1 saturated heterocycles. The third-order valence-electron chi connectivity index (χ3n) is 4.08. The van der Waals surface area contributed by atoms with E-state index in [2.05, 4.69) is 27.9 Å². The van der Waals surface area contributed by atoms with Gasteiger partial charge in [0.2, 0.25) is 0 Å². The quantitative estimate of drug-likeness (QED) is 0.845. The minimum atomic E-state index is -0.181. The number of rotatable bonds is 2. The van der Waals surface area contributed by atoms with Gasteiger partial charge in [-0.2, -0.15) is 0 Å². The van der Waals surface area contributed by atoms with Crippen molar-refractivity contribution in [3.05, 3.63) is 47.9 Å². The number of aryl methyl sites for hydroxylation is 1. The molecule has 0 atom stereocenters. The fourth-order valence-electron chi connectivity index (χ4n) is 2.59. The van der Waals surface area contributed by atoms with Crippen molar-refractivity contribution in [2.75, 3.05) is 38.1 Å². The Kier molecular flexibility index (Phi) is 3.88. The van der Waals surface area contributed by atoms with Gasteiger partial charge in [-0.1, -0.05) is 12.1 Å². The van der Waals surface area contributed by atoms with Crippen molar-refractivity contribution in [2.24, 2.45) is 0 Å². The van der Waals surface area contributed by atoms with Gasteiger partial charge in [0.05, 0.1) is 5.69 Å². The number of nitrogens with zero attached hydrogens (tertiary/aromatic N) is 3. The van der Waals surface area contributed by atoms with Crippen molar-refractivity contribution in [3.8, 4) is 11.3 Å². The SMILES string of the molecule is Cc1ccc(-c2cc(N3CCN(C)CC3)ccn2)cc1F. The van der Waals surface area contributed by atoms with Crippen LogP contribution in [-0.2, 0) is 0 Å². The van der Waals surface area contributed by atoms with Gasteiger partial charge in [0, 0.05) is 43.6 Å². The zero-order chi connectivity index (χ0) is 14.8. The Hall–Kier alpha value is -1.94. The first-order valence-electron chi connectivity index (χ1n) is 7.29. The van der Waals surface area contributed by atoms with Crippen LogP contribution < -0.4 is 4.90 Å². The Labute approximate surface area is 125 Å². The molecular formula is C17H20FN3. The van der Waals surface area contributed by atoms with Gasteiger partial charge < -0.3 is 9.80 Å². The van der Waals surface area contributed by atoms with Crippen LogP contribution in [0.5, 0.6) is 0 Å². The average Bonchev–Trinajstić information content (AvgIpc) is 2.51. The first-order chi connectivity index (χ1) is 10.1. The van der Waals surface area contributed by atoms with Crippen LogP contribution in [-0.4, -0.2) is 43.1 Å². The molecule has 2 aromatic rings. The molecule has 1 fully saturated rings. The van der Waals surface area contributed by atoms with Gasteiger partial charge in [-0.3, -0.25) is 4.98 Å². The highest BCUT2D eigenvalue weighted by atomic mass is 19.1. The average molecular weight is 285 g/mol. The fourth-order valence-corrected chi connectivity index (χ4v) is 2.59. The summed E-state index contributed by atoms with van der Waals surface area (Å²) in [5.41, 5.74) is 3.47. The molecule has 2 heterocycles. The van der Waals surface area contributed by atoms with Gasteiger partial charge in [-0.05, 0) is 37.7 Å².